The molecule has 0 aromatic carbocycles. The number of H-pyrrole nitrogens is 1. The second-order valence-electron chi connectivity index (χ2n) is 8.03. The highest BCUT2D eigenvalue weighted by Crippen LogP contribution is 2.52. The maximum absolute atomic E-state index is 12.8. The van der Waals surface area contributed by atoms with E-state index in [-0.39, 0.29) is 59.5 Å². The maximum atomic E-state index is 12.8. The number of nitrogens with zero attached hydrogens (tertiary/aromatic N) is 4. The highest BCUT2D eigenvalue weighted by atomic mass is 127. The molecule has 2 bridgehead atoms. The Hall–Kier alpha value is -2.70. The smallest absolute Gasteiger partial charge is 0.233 e. The van der Waals surface area contributed by atoms with Gasteiger partial charge in [-0.2, -0.15) is 0 Å². The SMILES string of the molecule is CCNC(=NCc1nc(-c2ccco2)n[nH]1)NCCN1C(=O)C2C3C=CC(C3)C2C1=O.I. The number of rotatable bonds is 7. The third-order valence-corrected chi connectivity index (χ3v) is 6.19. The van der Waals surface area contributed by atoms with E-state index >= 15 is 0 Å². The second-order valence-corrected chi connectivity index (χ2v) is 8.03. The van der Waals surface area contributed by atoms with E-state index in [0.29, 0.717) is 49.5 Å². The first-order valence-electron chi connectivity index (χ1n) is 10.7. The molecule has 0 radical (unpaired) electrons. The van der Waals surface area contributed by atoms with Gasteiger partial charge in [-0.3, -0.25) is 19.6 Å². The summed E-state index contributed by atoms with van der Waals surface area (Å²) in [6.45, 7) is 3.71. The molecule has 2 aromatic rings. The zero-order valence-corrected chi connectivity index (χ0v) is 20.0. The van der Waals surface area contributed by atoms with Gasteiger partial charge in [0, 0.05) is 19.6 Å². The number of guanidine groups is 1. The van der Waals surface area contributed by atoms with Gasteiger partial charge in [-0.05, 0) is 37.3 Å². The number of furan rings is 1. The van der Waals surface area contributed by atoms with Gasteiger partial charge in [0.2, 0.25) is 17.6 Å². The Morgan fingerprint density at radius 1 is 1.25 bits per heavy atom. The Kier molecular flexibility index (Phi) is 6.63. The molecule has 2 aromatic heterocycles. The lowest BCUT2D eigenvalue weighted by Crippen LogP contribution is -2.43. The van der Waals surface area contributed by atoms with Crippen molar-refractivity contribution in [3.63, 3.8) is 0 Å². The van der Waals surface area contributed by atoms with Crippen LogP contribution in [0, 0.1) is 23.7 Å². The minimum atomic E-state index is -0.154. The lowest BCUT2D eigenvalue weighted by Gasteiger charge is -2.18. The number of likely N-dealkylation sites (tertiary alicyclic amines) is 1. The van der Waals surface area contributed by atoms with Crippen LogP contribution in [0.3, 0.4) is 0 Å². The summed E-state index contributed by atoms with van der Waals surface area (Å²) in [5, 5.41) is 13.3. The number of amides is 2. The molecule has 1 saturated carbocycles. The van der Waals surface area contributed by atoms with Gasteiger partial charge in [0.25, 0.3) is 0 Å². The molecule has 1 aliphatic heterocycles. The topological polar surface area (TPSA) is 129 Å². The van der Waals surface area contributed by atoms with Crippen LogP contribution in [0.1, 0.15) is 19.2 Å². The zero-order valence-electron chi connectivity index (χ0n) is 17.7. The molecule has 11 heteroatoms. The van der Waals surface area contributed by atoms with Crippen molar-refractivity contribution >= 4 is 41.8 Å². The fourth-order valence-electron chi connectivity index (χ4n) is 4.85. The molecule has 2 aliphatic carbocycles. The number of aliphatic imine (C=N–C) groups is 1. The predicted octanol–water partition coefficient (Wildman–Crippen LogP) is 1.54. The van der Waals surface area contributed by atoms with Gasteiger partial charge in [0.1, 0.15) is 12.4 Å². The van der Waals surface area contributed by atoms with Crippen molar-refractivity contribution in [3.8, 4) is 11.6 Å². The highest BCUT2D eigenvalue weighted by Gasteiger charge is 2.58. The van der Waals surface area contributed by atoms with Crippen molar-refractivity contribution < 1.29 is 14.0 Å². The van der Waals surface area contributed by atoms with Crippen molar-refractivity contribution in [2.75, 3.05) is 19.6 Å². The largest absolute Gasteiger partial charge is 0.461 e. The van der Waals surface area contributed by atoms with E-state index in [1.165, 1.54) is 4.90 Å². The minimum absolute atomic E-state index is 0. The Labute approximate surface area is 202 Å². The van der Waals surface area contributed by atoms with Crippen molar-refractivity contribution in [1.82, 2.24) is 30.7 Å². The standard InChI is InChI=1S/C21H25N7O3.HI/c1-2-22-21(24-11-15-25-18(27-26-15)14-4-3-9-31-14)23-7-8-28-19(29)16-12-5-6-13(10-12)17(16)20(28)30;/h3-6,9,12-13,16-17H,2,7-8,10-11H2,1H3,(H2,22,23,24)(H,25,26,27);1H. The maximum Gasteiger partial charge on any atom is 0.233 e. The lowest BCUT2D eigenvalue weighted by atomic mass is 9.85. The van der Waals surface area contributed by atoms with Crippen LogP contribution in [0.2, 0.25) is 0 Å². The fraction of sp³-hybridized carbons (Fsp3) is 0.476. The molecule has 4 atom stereocenters. The average Bonchev–Trinajstić information content (AvgIpc) is 3.58. The van der Waals surface area contributed by atoms with Crippen LogP contribution < -0.4 is 10.6 Å². The molecular weight excluding hydrogens is 525 g/mol. The van der Waals surface area contributed by atoms with Crippen LogP contribution >= 0.6 is 24.0 Å². The molecule has 0 spiro atoms. The first-order chi connectivity index (χ1) is 15.2. The summed E-state index contributed by atoms with van der Waals surface area (Å²) < 4.78 is 5.29. The summed E-state index contributed by atoms with van der Waals surface area (Å²) in [5.74, 6) is 2.36. The summed E-state index contributed by atoms with van der Waals surface area (Å²) in [6, 6.07) is 3.57. The number of carbonyl (C=O) groups is 2. The Bertz CT molecular complexity index is 1000. The van der Waals surface area contributed by atoms with Gasteiger partial charge in [0.15, 0.2) is 11.7 Å². The van der Waals surface area contributed by atoms with Gasteiger partial charge in [0.05, 0.1) is 18.1 Å². The molecule has 2 amide bonds. The van der Waals surface area contributed by atoms with Gasteiger partial charge in [-0.25, -0.2) is 9.98 Å². The molecule has 3 N–H and O–H groups in total. The number of carbonyl (C=O) groups excluding carboxylic acids is 2. The second kappa shape index (κ2) is 9.43. The van der Waals surface area contributed by atoms with E-state index in [1.54, 1.807) is 18.4 Å². The summed E-state index contributed by atoms with van der Waals surface area (Å²) in [4.78, 5) is 35.8. The first kappa shape index (κ1) is 22.5. The highest BCUT2D eigenvalue weighted by molar-refractivity contribution is 14.0. The third kappa shape index (κ3) is 4.05. The summed E-state index contributed by atoms with van der Waals surface area (Å²) >= 11 is 0. The van der Waals surface area contributed by atoms with Crippen molar-refractivity contribution in [1.29, 1.82) is 0 Å². The van der Waals surface area contributed by atoms with Gasteiger partial charge < -0.3 is 15.1 Å². The molecule has 32 heavy (non-hydrogen) atoms. The quantitative estimate of drug-likeness (QED) is 0.157. The van der Waals surface area contributed by atoms with E-state index < -0.39 is 0 Å². The van der Waals surface area contributed by atoms with E-state index in [2.05, 4.69) is 43.0 Å². The van der Waals surface area contributed by atoms with Gasteiger partial charge in [-0.15, -0.1) is 29.1 Å². The third-order valence-electron chi connectivity index (χ3n) is 6.19. The number of fused-ring (bicyclic) bond motifs is 5. The molecule has 4 unspecified atom stereocenters. The van der Waals surface area contributed by atoms with Crippen molar-refractivity contribution in [2.45, 2.75) is 19.9 Å². The number of hydrogen-bond acceptors (Lipinski definition) is 6. The van der Waals surface area contributed by atoms with E-state index in [4.69, 9.17) is 4.42 Å². The Morgan fingerprint density at radius 3 is 2.66 bits per heavy atom. The summed E-state index contributed by atoms with van der Waals surface area (Å²) in [7, 11) is 0. The number of aromatic nitrogens is 3. The van der Waals surface area contributed by atoms with Crippen LogP contribution in [-0.2, 0) is 16.1 Å². The summed E-state index contributed by atoms with van der Waals surface area (Å²) in [5.41, 5.74) is 0. The molecule has 1 saturated heterocycles. The van der Waals surface area contributed by atoms with E-state index in [1.807, 2.05) is 6.92 Å². The predicted molar refractivity (Wildman–Crippen MR) is 127 cm³/mol. The normalized spacial score (nSPS) is 25.9. The number of aromatic amines is 1. The lowest BCUT2D eigenvalue weighted by molar-refractivity contribution is -0.140. The van der Waals surface area contributed by atoms with Crippen molar-refractivity contribution in [3.05, 3.63) is 36.4 Å². The van der Waals surface area contributed by atoms with E-state index in [9.17, 15) is 9.59 Å². The number of imide groups is 1. The summed E-state index contributed by atoms with van der Waals surface area (Å²) in [6.07, 6.45) is 6.73. The van der Waals surface area contributed by atoms with Crippen LogP contribution in [-0.4, -0.2) is 57.5 Å². The van der Waals surface area contributed by atoms with Crippen LogP contribution in [0.15, 0.2) is 40.0 Å². The molecule has 170 valence electrons. The monoisotopic (exact) mass is 551 g/mol. The molecule has 2 fully saturated rings. The zero-order chi connectivity index (χ0) is 21.4. The molecule has 3 heterocycles. The number of nitrogens with one attached hydrogen (secondary N) is 3. The number of allylic oxidation sites excluding steroid dienone is 2. The average molecular weight is 551 g/mol. The Balaban J connectivity index is 0.00000245. The van der Waals surface area contributed by atoms with Crippen molar-refractivity contribution in [2.24, 2.45) is 28.7 Å². The van der Waals surface area contributed by atoms with Crippen LogP contribution in [0.5, 0.6) is 0 Å². The molecule has 10 nitrogen and oxygen atoms in total. The Morgan fingerprint density at radius 2 is 2.00 bits per heavy atom. The van der Waals surface area contributed by atoms with Gasteiger partial charge >= 0.3 is 0 Å². The number of hydrogen-bond donors (Lipinski definition) is 3. The fourth-order valence-corrected chi connectivity index (χ4v) is 4.85. The molecule has 5 rings (SSSR count). The number of halogens is 1. The first-order valence-corrected chi connectivity index (χ1v) is 10.7. The van der Waals surface area contributed by atoms with Crippen LogP contribution in [0.4, 0.5) is 0 Å². The minimum Gasteiger partial charge on any atom is -0.461 e. The molecule has 3 aliphatic rings. The van der Waals surface area contributed by atoms with Gasteiger partial charge in [-0.1, -0.05) is 12.2 Å². The van der Waals surface area contributed by atoms with Crippen LogP contribution in [0.25, 0.3) is 11.6 Å². The van der Waals surface area contributed by atoms with E-state index in [0.717, 1.165) is 6.42 Å². The molecular formula is C21H26IN7O3.